The molecule has 6 heteroatoms. The number of aromatic hydroxyl groups is 1. The number of phenolic OH excluding ortho intramolecular Hbond substituents is 1. The van der Waals surface area contributed by atoms with Crippen molar-refractivity contribution in [3.63, 3.8) is 0 Å². The van der Waals surface area contributed by atoms with Crippen molar-refractivity contribution in [2.24, 2.45) is 0 Å². The highest BCUT2D eigenvalue weighted by Gasteiger charge is 2.17. The Balaban J connectivity index is 2.51. The summed E-state index contributed by atoms with van der Waals surface area (Å²) in [6.45, 7) is 8.51. The molecule has 0 aliphatic heterocycles. The van der Waals surface area contributed by atoms with Gasteiger partial charge in [-0.2, -0.15) is 0 Å². The molecule has 1 aromatic carbocycles. The second-order valence-electron chi connectivity index (χ2n) is 6.52. The molecule has 0 saturated carbocycles. The molecular formula is C17H27ClN2O3. The van der Waals surface area contributed by atoms with E-state index in [1.54, 1.807) is 18.2 Å². The Morgan fingerprint density at radius 1 is 1.39 bits per heavy atom. The Morgan fingerprint density at radius 3 is 2.70 bits per heavy atom. The van der Waals surface area contributed by atoms with Gasteiger partial charge in [-0.05, 0) is 45.4 Å². The van der Waals surface area contributed by atoms with Crippen LogP contribution in [0.1, 0.15) is 46.1 Å². The van der Waals surface area contributed by atoms with Crippen LogP contribution in [-0.2, 0) is 11.3 Å². The number of hydrogen-bond acceptors (Lipinski definition) is 4. The van der Waals surface area contributed by atoms with E-state index in [0.29, 0.717) is 18.1 Å². The van der Waals surface area contributed by atoms with Gasteiger partial charge in [0.25, 0.3) is 0 Å². The van der Waals surface area contributed by atoms with E-state index in [1.807, 2.05) is 20.8 Å². The molecule has 0 fully saturated rings. The number of hydrogen-bond donors (Lipinski definition) is 3. The van der Waals surface area contributed by atoms with Crippen molar-refractivity contribution in [2.75, 3.05) is 6.54 Å². The topological polar surface area (TPSA) is 70.6 Å². The van der Waals surface area contributed by atoms with Crippen molar-refractivity contribution in [1.82, 2.24) is 10.6 Å². The maximum Gasteiger partial charge on any atom is 0.407 e. The number of amides is 1. The fourth-order valence-electron chi connectivity index (χ4n) is 2.10. The van der Waals surface area contributed by atoms with Gasteiger partial charge in [-0.25, -0.2) is 4.79 Å². The van der Waals surface area contributed by atoms with E-state index in [4.69, 9.17) is 16.3 Å². The minimum absolute atomic E-state index is 0.0888. The summed E-state index contributed by atoms with van der Waals surface area (Å²) in [5.74, 6) is 0.206. The third-order valence-corrected chi connectivity index (χ3v) is 3.39. The number of halogens is 1. The van der Waals surface area contributed by atoms with Crippen LogP contribution in [-0.4, -0.2) is 29.4 Å². The highest BCUT2D eigenvalue weighted by molar-refractivity contribution is 6.30. The second kappa shape index (κ2) is 8.99. The monoisotopic (exact) mass is 342 g/mol. The van der Waals surface area contributed by atoms with Crippen LogP contribution in [0.15, 0.2) is 18.2 Å². The quantitative estimate of drug-likeness (QED) is 0.704. The molecule has 0 heterocycles. The number of alkyl carbamates (subject to hydrolysis) is 1. The van der Waals surface area contributed by atoms with E-state index in [9.17, 15) is 9.90 Å². The van der Waals surface area contributed by atoms with Crippen LogP contribution >= 0.6 is 11.6 Å². The van der Waals surface area contributed by atoms with Crippen molar-refractivity contribution >= 4 is 17.7 Å². The molecule has 1 aromatic rings. The Hall–Kier alpha value is -1.46. The van der Waals surface area contributed by atoms with E-state index >= 15 is 0 Å². The molecule has 1 amide bonds. The zero-order chi connectivity index (χ0) is 17.5. The van der Waals surface area contributed by atoms with Gasteiger partial charge in [0.1, 0.15) is 11.4 Å². The SMILES string of the molecule is CCCC(CNC(=O)OC(C)(C)C)NCc1cc(Cl)ccc1O. The number of phenols is 1. The Kier molecular flexibility index (Phi) is 7.65. The molecule has 1 rings (SSSR count). The number of carbonyl (C=O) groups excluding carboxylic acids is 1. The first-order valence-electron chi connectivity index (χ1n) is 7.89. The summed E-state index contributed by atoms with van der Waals surface area (Å²) in [5.41, 5.74) is 0.223. The Morgan fingerprint density at radius 2 is 2.09 bits per heavy atom. The van der Waals surface area contributed by atoms with Crippen LogP contribution in [0.2, 0.25) is 5.02 Å². The Labute approximate surface area is 143 Å². The minimum atomic E-state index is -0.510. The lowest BCUT2D eigenvalue weighted by atomic mass is 10.1. The molecule has 0 saturated heterocycles. The summed E-state index contributed by atoms with van der Waals surface area (Å²) in [5, 5.41) is 16.5. The third-order valence-electron chi connectivity index (χ3n) is 3.15. The molecule has 3 N–H and O–H groups in total. The summed E-state index contributed by atoms with van der Waals surface area (Å²) < 4.78 is 5.23. The molecule has 1 unspecified atom stereocenters. The average molecular weight is 343 g/mol. The minimum Gasteiger partial charge on any atom is -0.508 e. The fraction of sp³-hybridized carbons (Fsp3) is 0.588. The van der Waals surface area contributed by atoms with Gasteiger partial charge in [0, 0.05) is 29.7 Å². The van der Waals surface area contributed by atoms with Crippen LogP contribution in [0.3, 0.4) is 0 Å². The van der Waals surface area contributed by atoms with Crippen LogP contribution in [0.25, 0.3) is 0 Å². The van der Waals surface area contributed by atoms with Gasteiger partial charge in [-0.1, -0.05) is 24.9 Å². The summed E-state index contributed by atoms with van der Waals surface area (Å²) in [4.78, 5) is 11.7. The first-order chi connectivity index (χ1) is 10.7. The van der Waals surface area contributed by atoms with Gasteiger partial charge in [-0.3, -0.25) is 0 Å². The van der Waals surface area contributed by atoms with E-state index in [0.717, 1.165) is 18.4 Å². The number of nitrogens with one attached hydrogen (secondary N) is 2. The molecule has 1 atom stereocenters. The zero-order valence-corrected chi connectivity index (χ0v) is 15.0. The molecule has 5 nitrogen and oxygen atoms in total. The molecular weight excluding hydrogens is 316 g/mol. The predicted molar refractivity (Wildman–Crippen MR) is 92.9 cm³/mol. The van der Waals surface area contributed by atoms with Gasteiger partial charge >= 0.3 is 6.09 Å². The largest absolute Gasteiger partial charge is 0.508 e. The van der Waals surface area contributed by atoms with Crippen LogP contribution in [0, 0.1) is 0 Å². The molecule has 0 aliphatic rings. The highest BCUT2D eigenvalue weighted by atomic mass is 35.5. The van der Waals surface area contributed by atoms with Crippen LogP contribution in [0.5, 0.6) is 5.75 Å². The van der Waals surface area contributed by atoms with Gasteiger partial charge in [0.15, 0.2) is 0 Å². The maximum absolute atomic E-state index is 11.7. The average Bonchev–Trinajstić information content (AvgIpc) is 2.43. The lowest BCUT2D eigenvalue weighted by Crippen LogP contribution is -2.42. The molecule has 0 aromatic heterocycles. The first kappa shape index (κ1) is 19.6. The highest BCUT2D eigenvalue weighted by Crippen LogP contribution is 2.21. The van der Waals surface area contributed by atoms with E-state index in [2.05, 4.69) is 17.6 Å². The summed E-state index contributed by atoms with van der Waals surface area (Å²) in [7, 11) is 0. The lowest BCUT2D eigenvalue weighted by Gasteiger charge is -2.22. The number of carbonyl (C=O) groups is 1. The van der Waals surface area contributed by atoms with Crippen molar-refractivity contribution in [1.29, 1.82) is 0 Å². The summed E-state index contributed by atoms with van der Waals surface area (Å²) in [6, 6.07) is 5.04. The van der Waals surface area contributed by atoms with E-state index in [-0.39, 0.29) is 11.8 Å². The van der Waals surface area contributed by atoms with Gasteiger partial charge in [0.2, 0.25) is 0 Å². The zero-order valence-electron chi connectivity index (χ0n) is 14.3. The molecule has 0 aliphatic carbocycles. The molecule has 0 bridgehead atoms. The van der Waals surface area contributed by atoms with Crippen molar-refractivity contribution in [3.8, 4) is 5.75 Å². The smallest absolute Gasteiger partial charge is 0.407 e. The second-order valence-corrected chi connectivity index (χ2v) is 6.96. The lowest BCUT2D eigenvalue weighted by molar-refractivity contribution is 0.0521. The normalized spacial score (nSPS) is 12.7. The number of ether oxygens (including phenoxy) is 1. The maximum atomic E-state index is 11.7. The Bertz CT molecular complexity index is 515. The molecule has 0 radical (unpaired) electrons. The first-order valence-corrected chi connectivity index (χ1v) is 8.26. The van der Waals surface area contributed by atoms with Gasteiger partial charge < -0.3 is 20.5 Å². The van der Waals surface area contributed by atoms with Crippen LogP contribution in [0.4, 0.5) is 4.79 Å². The molecule has 130 valence electrons. The predicted octanol–water partition coefficient (Wildman–Crippen LogP) is 3.83. The standard InChI is InChI=1S/C17H27ClN2O3/c1-5-6-14(11-20-16(22)23-17(2,3)4)19-10-12-9-13(18)7-8-15(12)21/h7-9,14,19,21H,5-6,10-11H2,1-4H3,(H,20,22). The van der Waals surface area contributed by atoms with Crippen molar-refractivity contribution in [3.05, 3.63) is 28.8 Å². The molecule has 0 spiro atoms. The fourth-order valence-corrected chi connectivity index (χ4v) is 2.29. The van der Waals surface area contributed by atoms with Crippen LogP contribution < -0.4 is 10.6 Å². The third kappa shape index (κ3) is 8.09. The van der Waals surface area contributed by atoms with Crippen molar-refractivity contribution in [2.45, 2.75) is 58.7 Å². The number of benzene rings is 1. The van der Waals surface area contributed by atoms with Gasteiger partial charge in [0.05, 0.1) is 0 Å². The molecule has 23 heavy (non-hydrogen) atoms. The number of rotatable bonds is 7. The summed E-state index contributed by atoms with van der Waals surface area (Å²) in [6.07, 6.45) is 1.46. The van der Waals surface area contributed by atoms with Gasteiger partial charge in [-0.15, -0.1) is 0 Å². The summed E-state index contributed by atoms with van der Waals surface area (Å²) >= 11 is 5.95. The van der Waals surface area contributed by atoms with Crippen molar-refractivity contribution < 1.29 is 14.6 Å². The van der Waals surface area contributed by atoms with E-state index < -0.39 is 11.7 Å². The van der Waals surface area contributed by atoms with E-state index in [1.165, 1.54) is 0 Å².